The third-order valence-electron chi connectivity index (χ3n) is 4.65. The molecule has 0 unspecified atom stereocenters. The van der Waals surface area contributed by atoms with Gasteiger partial charge < -0.3 is 10.1 Å². The fourth-order valence-corrected chi connectivity index (χ4v) is 4.97. The molecule has 0 heterocycles. The summed E-state index contributed by atoms with van der Waals surface area (Å²) in [6.45, 7) is 0. The number of ether oxygens (including phenoxy) is 1. The normalized spacial score (nSPS) is 12.1. The van der Waals surface area contributed by atoms with Crippen molar-refractivity contribution < 1.29 is 22.7 Å². The maximum absolute atomic E-state index is 13.1. The molecule has 3 aromatic carbocycles. The first-order chi connectivity index (χ1) is 15.7. The summed E-state index contributed by atoms with van der Waals surface area (Å²) in [7, 11) is -2.91. The lowest BCUT2D eigenvalue weighted by Crippen LogP contribution is -2.45. The number of sulfonamides is 1. The topological polar surface area (TPSA) is 102 Å². The summed E-state index contributed by atoms with van der Waals surface area (Å²) in [5.74, 6) is -1.10. The fourth-order valence-electron chi connectivity index (χ4n) is 3.01. The monoisotopic (exact) mass is 506 g/mol. The number of amides is 1. The minimum atomic E-state index is -4.18. The Morgan fingerprint density at radius 2 is 1.64 bits per heavy atom. The number of rotatable bonds is 8. The van der Waals surface area contributed by atoms with Crippen molar-refractivity contribution in [1.82, 2.24) is 4.72 Å². The van der Waals surface area contributed by atoms with E-state index in [2.05, 4.69) is 14.8 Å². The van der Waals surface area contributed by atoms with E-state index in [1.165, 1.54) is 49.6 Å². The van der Waals surface area contributed by atoms with Crippen molar-refractivity contribution in [2.45, 2.75) is 17.4 Å². The van der Waals surface area contributed by atoms with Crippen LogP contribution in [0.2, 0.25) is 10.0 Å². The number of hydrogen-bond acceptors (Lipinski definition) is 5. The molecule has 7 nitrogen and oxygen atoms in total. The molecule has 3 rings (SSSR count). The van der Waals surface area contributed by atoms with E-state index in [1.807, 2.05) is 6.07 Å². The second kappa shape index (κ2) is 10.8. The lowest BCUT2D eigenvalue weighted by Gasteiger charge is -2.19. The van der Waals surface area contributed by atoms with Crippen molar-refractivity contribution >= 4 is 50.8 Å². The van der Waals surface area contributed by atoms with Crippen LogP contribution in [0.3, 0.4) is 0 Å². The third kappa shape index (κ3) is 6.55. The van der Waals surface area contributed by atoms with Crippen molar-refractivity contribution in [3.63, 3.8) is 0 Å². The lowest BCUT2D eigenvalue weighted by molar-refractivity contribution is -0.117. The Balaban J connectivity index is 1.86. The summed E-state index contributed by atoms with van der Waals surface area (Å²) in [6.07, 6.45) is 0.0876. The summed E-state index contributed by atoms with van der Waals surface area (Å²) in [6, 6.07) is 17.9. The highest BCUT2D eigenvalue weighted by molar-refractivity contribution is 7.89. The maximum Gasteiger partial charge on any atom is 0.337 e. The predicted molar refractivity (Wildman–Crippen MR) is 127 cm³/mol. The van der Waals surface area contributed by atoms with Crippen LogP contribution in [-0.4, -0.2) is 33.4 Å². The summed E-state index contributed by atoms with van der Waals surface area (Å²) in [5, 5.41) is 2.83. The molecule has 2 N–H and O–H groups in total. The van der Waals surface area contributed by atoms with Gasteiger partial charge in [0.25, 0.3) is 0 Å². The molecule has 0 aliphatic rings. The second-order valence-corrected chi connectivity index (χ2v) is 9.52. The zero-order valence-electron chi connectivity index (χ0n) is 17.4. The number of anilines is 1. The van der Waals surface area contributed by atoms with Gasteiger partial charge >= 0.3 is 5.97 Å². The Labute approximate surface area is 201 Å². The van der Waals surface area contributed by atoms with Gasteiger partial charge in [-0.3, -0.25) is 4.79 Å². The quantitative estimate of drug-likeness (QED) is 0.443. The summed E-state index contributed by atoms with van der Waals surface area (Å²) >= 11 is 12.0. The number of halogens is 2. The van der Waals surface area contributed by atoms with Crippen LogP contribution in [0.25, 0.3) is 0 Å². The average molecular weight is 507 g/mol. The summed E-state index contributed by atoms with van der Waals surface area (Å²) < 4.78 is 33.1. The number of carbonyl (C=O) groups is 2. The highest BCUT2D eigenvalue weighted by Gasteiger charge is 2.28. The van der Waals surface area contributed by atoms with E-state index < -0.39 is 27.9 Å². The van der Waals surface area contributed by atoms with E-state index in [1.54, 1.807) is 24.3 Å². The Morgan fingerprint density at radius 1 is 0.970 bits per heavy atom. The van der Waals surface area contributed by atoms with Crippen LogP contribution in [0, 0.1) is 0 Å². The molecule has 1 atom stereocenters. The molecular formula is C23H20Cl2N2O5S. The molecular weight excluding hydrogens is 487 g/mol. The predicted octanol–water partition coefficient (Wildman–Crippen LogP) is 4.31. The smallest absolute Gasteiger partial charge is 0.337 e. The van der Waals surface area contributed by atoms with Gasteiger partial charge in [0.1, 0.15) is 10.9 Å². The summed E-state index contributed by atoms with van der Waals surface area (Å²) in [5.41, 5.74) is 1.44. The number of methoxy groups -OCH3 is 1. The highest BCUT2D eigenvalue weighted by Crippen LogP contribution is 2.25. The second-order valence-electron chi connectivity index (χ2n) is 7.00. The van der Waals surface area contributed by atoms with Gasteiger partial charge in [0.15, 0.2) is 0 Å². The number of benzene rings is 3. The highest BCUT2D eigenvalue weighted by atomic mass is 35.5. The maximum atomic E-state index is 13.1. The molecule has 3 aromatic rings. The molecule has 0 radical (unpaired) electrons. The third-order valence-corrected chi connectivity index (χ3v) is 6.84. The number of hydrogen-bond donors (Lipinski definition) is 2. The standard InChI is InChI=1S/C23H20Cl2N2O5S/c1-32-23(29)16-7-10-18(11-8-16)26-22(28)20(13-15-5-3-2-4-6-15)27-33(30,31)21-14-17(24)9-12-19(21)25/h2-12,14,20,27H,13H2,1H3,(H,26,28)/t20-/m1/s1. The molecule has 0 aliphatic heterocycles. The van der Waals surface area contributed by atoms with Gasteiger partial charge in [0.05, 0.1) is 17.7 Å². The first kappa shape index (κ1) is 24.7. The molecule has 0 fully saturated rings. The van der Waals surface area contributed by atoms with Crippen molar-refractivity contribution in [3.8, 4) is 0 Å². The van der Waals surface area contributed by atoms with E-state index in [0.29, 0.717) is 11.3 Å². The Bertz CT molecular complexity index is 1250. The van der Waals surface area contributed by atoms with E-state index in [-0.39, 0.29) is 21.4 Å². The van der Waals surface area contributed by atoms with Crippen LogP contribution in [0.4, 0.5) is 5.69 Å². The minimum absolute atomic E-state index is 0.0239. The lowest BCUT2D eigenvalue weighted by atomic mass is 10.1. The molecule has 0 aliphatic carbocycles. The van der Waals surface area contributed by atoms with Gasteiger partial charge in [-0.1, -0.05) is 53.5 Å². The molecule has 33 heavy (non-hydrogen) atoms. The van der Waals surface area contributed by atoms with Gasteiger partial charge in [-0.15, -0.1) is 0 Å². The van der Waals surface area contributed by atoms with Gasteiger partial charge in [-0.2, -0.15) is 4.72 Å². The fraction of sp³-hybridized carbons (Fsp3) is 0.130. The van der Waals surface area contributed by atoms with Crippen LogP contribution >= 0.6 is 23.2 Å². The molecule has 10 heteroatoms. The Hall–Kier alpha value is -2.91. The molecule has 0 aromatic heterocycles. The molecule has 0 spiro atoms. The number of nitrogens with one attached hydrogen (secondary N) is 2. The van der Waals surface area contributed by atoms with E-state index in [4.69, 9.17) is 23.2 Å². The van der Waals surface area contributed by atoms with Crippen molar-refractivity contribution in [1.29, 1.82) is 0 Å². The minimum Gasteiger partial charge on any atom is -0.465 e. The number of esters is 1. The van der Waals surface area contributed by atoms with E-state index in [0.717, 1.165) is 5.56 Å². The van der Waals surface area contributed by atoms with Gasteiger partial charge in [0, 0.05) is 10.7 Å². The van der Waals surface area contributed by atoms with Gasteiger partial charge in [-0.05, 0) is 54.4 Å². The Kier molecular flexibility index (Phi) is 8.10. The SMILES string of the molecule is COC(=O)c1ccc(NC(=O)[C@@H](Cc2ccccc2)NS(=O)(=O)c2cc(Cl)ccc2Cl)cc1. The van der Waals surface area contributed by atoms with Crippen LogP contribution in [-0.2, 0) is 26.0 Å². The molecule has 172 valence electrons. The van der Waals surface area contributed by atoms with Crippen LogP contribution in [0.15, 0.2) is 77.7 Å². The molecule has 0 bridgehead atoms. The molecule has 1 amide bonds. The van der Waals surface area contributed by atoms with Crippen molar-refractivity contribution in [3.05, 3.63) is 94.0 Å². The number of carbonyl (C=O) groups excluding carboxylic acids is 2. The van der Waals surface area contributed by atoms with Crippen molar-refractivity contribution in [2.75, 3.05) is 12.4 Å². The first-order valence-electron chi connectivity index (χ1n) is 9.70. The van der Waals surface area contributed by atoms with Crippen LogP contribution < -0.4 is 10.0 Å². The van der Waals surface area contributed by atoms with Crippen LogP contribution in [0.5, 0.6) is 0 Å². The largest absolute Gasteiger partial charge is 0.465 e. The average Bonchev–Trinajstić information content (AvgIpc) is 2.80. The van der Waals surface area contributed by atoms with Gasteiger partial charge in [-0.25, -0.2) is 13.2 Å². The zero-order valence-corrected chi connectivity index (χ0v) is 19.7. The van der Waals surface area contributed by atoms with E-state index >= 15 is 0 Å². The molecule has 0 saturated carbocycles. The van der Waals surface area contributed by atoms with Crippen molar-refractivity contribution in [2.24, 2.45) is 0 Å². The van der Waals surface area contributed by atoms with E-state index in [9.17, 15) is 18.0 Å². The zero-order chi connectivity index (χ0) is 24.0. The van der Waals surface area contributed by atoms with Gasteiger partial charge in [0.2, 0.25) is 15.9 Å². The first-order valence-corrected chi connectivity index (χ1v) is 11.9. The Morgan fingerprint density at radius 3 is 2.27 bits per heavy atom. The summed E-state index contributed by atoms with van der Waals surface area (Å²) in [4.78, 5) is 24.4. The van der Waals surface area contributed by atoms with Crippen LogP contribution in [0.1, 0.15) is 15.9 Å². The molecule has 0 saturated heterocycles.